The summed E-state index contributed by atoms with van der Waals surface area (Å²) < 4.78 is 1.74. The molecule has 100 valence electrons. The van der Waals surface area contributed by atoms with Crippen molar-refractivity contribution in [1.29, 1.82) is 0 Å². The van der Waals surface area contributed by atoms with Crippen LogP contribution < -0.4 is 5.32 Å². The monoisotopic (exact) mass is 265 g/mol. The fourth-order valence-electron chi connectivity index (χ4n) is 1.88. The molecule has 0 aliphatic rings. The molecule has 0 saturated carbocycles. The number of anilines is 1. The van der Waals surface area contributed by atoms with Crippen LogP contribution in [0.5, 0.6) is 0 Å². The molecule has 0 atom stereocenters. The van der Waals surface area contributed by atoms with Crippen LogP contribution in [0.2, 0.25) is 0 Å². The number of rotatable bonds is 4. The highest BCUT2D eigenvalue weighted by atomic mass is 15.3. The second kappa shape index (κ2) is 5.52. The molecule has 0 spiro atoms. The molecule has 1 N–H and O–H groups in total. The maximum Gasteiger partial charge on any atom is 0.224 e. The second-order valence-corrected chi connectivity index (χ2v) is 4.48. The van der Waals surface area contributed by atoms with Crippen molar-refractivity contribution in [2.45, 2.75) is 13.5 Å². The lowest BCUT2D eigenvalue weighted by molar-refractivity contribution is 0.825. The molecule has 5 nitrogen and oxygen atoms in total. The second-order valence-electron chi connectivity index (χ2n) is 4.48. The summed E-state index contributed by atoms with van der Waals surface area (Å²) in [6.07, 6.45) is 3.62. The van der Waals surface area contributed by atoms with Gasteiger partial charge in [-0.15, -0.1) is 0 Å². The van der Waals surface area contributed by atoms with Crippen LogP contribution in [0.25, 0.3) is 5.82 Å². The number of hydrogen-bond acceptors (Lipinski definition) is 4. The summed E-state index contributed by atoms with van der Waals surface area (Å²) in [6.45, 7) is 2.65. The highest BCUT2D eigenvalue weighted by Crippen LogP contribution is 2.08. The van der Waals surface area contributed by atoms with E-state index in [1.165, 1.54) is 5.56 Å². The summed E-state index contributed by atoms with van der Waals surface area (Å²) in [5.74, 6) is 1.35. The summed E-state index contributed by atoms with van der Waals surface area (Å²) in [4.78, 5) is 8.67. The summed E-state index contributed by atoms with van der Waals surface area (Å²) in [5, 5.41) is 7.55. The van der Waals surface area contributed by atoms with Crippen LogP contribution in [0.4, 0.5) is 5.95 Å². The van der Waals surface area contributed by atoms with Gasteiger partial charge >= 0.3 is 0 Å². The Morgan fingerprint density at radius 3 is 2.70 bits per heavy atom. The molecule has 0 bridgehead atoms. The number of aryl methyl sites for hydroxylation is 1. The van der Waals surface area contributed by atoms with Gasteiger partial charge in [0.15, 0.2) is 5.82 Å². The maximum atomic E-state index is 4.45. The Kier molecular flexibility index (Phi) is 3.41. The fraction of sp³-hybridized carbons (Fsp3) is 0.133. The van der Waals surface area contributed by atoms with Crippen molar-refractivity contribution in [3.63, 3.8) is 0 Å². The van der Waals surface area contributed by atoms with E-state index in [0.717, 1.165) is 11.5 Å². The molecule has 1 aromatic carbocycles. The molecule has 0 fully saturated rings. The van der Waals surface area contributed by atoms with E-state index in [1.54, 1.807) is 10.9 Å². The van der Waals surface area contributed by atoms with E-state index < -0.39 is 0 Å². The highest BCUT2D eigenvalue weighted by Gasteiger charge is 2.02. The first-order chi connectivity index (χ1) is 9.81. The Bertz CT molecular complexity index is 690. The first-order valence-corrected chi connectivity index (χ1v) is 6.45. The zero-order valence-electron chi connectivity index (χ0n) is 11.2. The van der Waals surface area contributed by atoms with Crippen LogP contribution in [-0.2, 0) is 6.54 Å². The van der Waals surface area contributed by atoms with Crippen molar-refractivity contribution in [3.8, 4) is 5.82 Å². The van der Waals surface area contributed by atoms with Gasteiger partial charge < -0.3 is 5.32 Å². The molecule has 3 aromatic rings. The van der Waals surface area contributed by atoms with Crippen molar-refractivity contribution in [2.24, 2.45) is 0 Å². The predicted molar refractivity (Wildman–Crippen MR) is 77.7 cm³/mol. The molecule has 0 aliphatic carbocycles. The molecule has 0 radical (unpaired) electrons. The molecular weight excluding hydrogens is 250 g/mol. The van der Waals surface area contributed by atoms with Gasteiger partial charge in [-0.3, -0.25) is 0 Å². The van der Waals surface area contributed by atoms with Gasteiger partial charge in [0.05, 0.1) is 5.69 Å². The summed E-state index contributed by atoms with van der Waals surface area (Å²) in [5.41, 5.74) is 2.15. The van der Waals surface area contributed by atoms with Gasteiger partial charge in [0.25, 0.3) is 0 Å². The Morgan fingerprint density at radius 2 is 1.95 bits per heavy atom. The third kappa shape index (κ3) is 2.83. The topological polar surface area (TPSA) is 55.6 Å². The van der Waals surface area contributed by atoms with Gasteiger partial charge in [-0.2, -0.15) is 10.1 Å². The molecule has 2 heterocycles. The van der Waals surface area contributed by atoms with Crippen molar-refractivity contribution >= 4 is 5.95 Å². The first-order valence-electron chi connectivity index (χ1n) is 6.45. The lowest BCUT2D eigenvalue weighted by atomic mass is 10.2. The SMILES string of the molecule is Cc1ccn(-c2ccnc(NCc3ccccc3)n2)n1. The third-order valence-corrected chi connectivity index (χ3v) is 2.89. The van der Waals surface area contributed by atoms with E-state index in [1.807, 2.05) is 43.5 Å². The number of nitrogens with one attached hydrogen (secondary N) is 1. The quantitative estimate of drug-likeness (QED) is 0.787. The molecule has 0 unspecified atom stereocenters. The third-order valence-electron chi connectivity index (χ3n) is 2.89. The minimum Gasteiger partial charge on any atom is -0.350 e. The summed E-state index contributed by atoms with van der Waals surface area (Å²) in [6, 6.07) is 13.9. The van der Waals surface area contributed by atoms with Crippen LogP contribution in [-0.4, -0.2) is 19.7 Å². The number of benzene rings is 1. The molecular formula is C15H15N5. The van der Waals surface area contributed by atoms with Crippen LogP contribution >= 0.6 is 0 Å². The number of nitrogens with zero attached hydrogens (tertiary/aromatic N) is 4. The summed E-state index contributed by atoms with van der Waals surface area (Å²) in [7, 11) is 0. The van der Waals surface area contributed by atoms with E-state index in [2.05, 4.69) is 32.5 Å². The predicted octanol–water partition coefficient (Wildman–Crippen LogP) is 2.58. The standard InChI is InChI=1S/C15H15N5/c1-12-8-10-20(19-12)14-7-9-16-15(18-14)17-11-13-5-3-2-4-6-13/h2-10H,11H2,1H3,(H,16,17,18). The Balaban J connectivity index is 1.75. The zero-order valence-corrected chi connectivity index (χ0v) is 11.2. The Hall–Kier alpha value is -2.69. The molecule has 3 rings (SSSR count). The molecule has 2 aromatic heterocycles. The van der Waals surface area contributed by atoms with Crippen LogP contribution in [0.15, 0.2) is 54.9 Å². The van der Waals surface area contributed by atoms with Gasteiger partial charge in [-0.25, -0.2) is 9.67 Å². The van der Waals surface area contributed by atoms with Gasteiger partial charge in [-0.05, 0) is 18.6 Å². The summed E-state index contributed by atoms with van der Waals surface area (Å²) >= 11 is 0. The van der Waals surface area contributed by atoms with Crippen LogP contribution in [0, 0.1) is 6.92 Å². The minimum atomic E-state index is 0.597. The van der Waals surface area contributed by atoms with E-state index in [4.69, 9.17) is 0 Å². The Labute approximate surface area is 117 Å². The van der Waals surface area contributed by atoms with E-state index in [0.29, 0.717) is 12.5 Å². The number of aromatic nitrogens is 4. The van der Waals surface area contributed by atoms with Gasteiger partial charge in [-0.1, -0.05) is 30.3 Å². The first kappa shape index (κ1) is 12.3. The van der Waals surface area contributed by atoms with Crippen molar-refractivity contribution in [3.05, 3.63) is 66.1 Å². The van der Waals surface area contributed by atoms with Gasteiger partial charge in [0.2, 0.25) is 5.95 Å². The van der Waals surface area contributed by atoms with Gasteiger partial charge in [0.1, 0.15) is 0 Å². The van der Waals surface area contributed by atoms with E-state index in [9.17, 15) is 0 Å². The van der Waals surface area contributed by atoms with Crippen molar-refractivity contribution in [1.82, 2.24) is 19.7 Å². The van der Waals surface area contributed by atoms with Crippen LogP contribution in [0.3, 0.4) is 0 Å². The molecule has 0 amide bonds. The highest BCUT2D eigenvalue weighted by molar-refractivity contribution is 5.32. The lowest BCUT2D eigenvalue weighted by Crippen LogP contribution is -2.06. The number of hydrogen-bond donors (Lipinski definition) is 1. The fourth-order valence-corrected chi connectivity index (χ4v) is 1.88. The minimum absolute atomic E-state index is 0.597. The largest absolute Gasteiger partial charge is 0.350 e. The van der Waals surface area contributed by atoms with E-state index in [-0.39, 0.29) is 0 Å². The average molecular weight is 265 g/mol. The van der Waals surface area contributed by atoms with Gasteiger partial charge in [0, 0.05) is 25.0 Å². The Morgan fingerprint density at radius 1 is 1.10 bits per heavy atom. The van der Waals surface area contributed by atoms with Crippen molar-refractivity contribution < 1.29 is 0 Å². The zero-order chi connectivity index (χ0) is 13.8. The molecule has 5 heteroatoms. The van der Waals surface area contributed by atoms with Crippen molar-refractivity contribution in [2.75, 3.05) is 5.32 Å². The van der Waals surface area contributed by atoms with Crippen LogP contribution in [0.1, 0.15) is 11.3 Å². The molecule has 0 saturated heterocycles. The lowest BCUT2D eigenvalue weighted by Gasteiger charge is -2.06. The smallest absolute Gasteiger partial charge is 0.224 e. The average Bonchev–Trinajstić information content (AvgIpc) is 2.93. The molecule has 0 aliphatic heterocycles. The molecule has 20 heavy (non-hydrogen) atoms. The maximum absolute atomic E-state index is 4.45. The normalized spacial score (nSPS) is 10.4. The van der Waals surface area contributed by atoms with E-state index >= 15 is 0 Å².